The van der Waals surface area contributed by atoms with E-state index in [1.54, 1.807) is 11.8 Å². The van der Waals surface area contributed by atoms with Gasteiger partial charge >= 0.3 is 5.97 Å². The third-order valence-electron chi connectivity index (χ3n) is 4.39. The maximum Gasteiger partial charge on any atom is 0.326 e. The third kappa shape index (κ3) is 4.24. The lowest BCUT2D eigenvalue weighted by Crippen LogP contribution is -2.30. The standard InChI is InChI=1S/C20H24N4O2S/c1-4-27-11-10-16(20(25)26)21-17-12-13(2)18-14(3)23-24(19(18)22-17)15-8-6-5-7-9-15/h5-9,12,16H,4,10-11H2,1-3H3,(H,21,22)(H,25,26). The molecule has 7 heteroatoms. The van der Waals surface area contributed by atoms with Crippen molar-refractivity contribution in [1.29, 1.82) is 0 Å². The van der Waals surface area contributed by atoms with E-state index >= 15 is 0 Å². The van der Waals surface area contributed by atoms with Crippen LogP contribution in [0, 0.1) is 13.8 Å². The number of carboxylic acid groups (broad SMARTS) is 1. The van der Waals surface area contributed by atoms with E-state index in [9.17, 15) is 9.90 Å². The number of hydrogen-bond donors (Lipinski definition) is 2. The highest BCUT2D eigenvalue weighted by atomic mass is 32.2. The molecule has 2 heterocycles. The number of aryl methyl sites for hydroxylation is 2. The molecule has 2 N–H and O–H groups in total. The first-order valence-corrected chi connectivity index (χ1v) is 10.2. The monoisotopic (exact) mass is 384 g/mol. The Bertz CT molecular complexity index is 940. The number of para-hydroxylation sites is 1. The van der Waals surface area contributed by atoms with Gasteiger partial charge in [0.15, 0.2) is 5.65 Å². The Hall–Kier alpha value is -2.54. The van der Waals surface area contributed by atoms with Gasteiger partial charge in [-0.3, -0.25) is 0 Å². The first-order chi connectivity index (χ1) is 13.0. The minimum atomic E-state index is -0.862. The number of aromatic nitrogens is 3. The molecule has 1 atom stereocenters. The van der Waals surface area contributed by atoms with Crippen molar-refractivity contribution in [1.82, 2.24) is 14.8 Å². The van der Waals surface area contributed by atoms with Crippen molar-refractivity contribution in [2.45, 2.75) is 33.2 Å². The van der Waals surface area contributed by atoms with E-state index < -0.39 is 12.0 Å². The molecule has 2 aromatic heterocycles. The maximum absolute atomic E-state index is 11.6. The normalized spacial score (nSPS) is 12.3. The molecule has 0 bridgehead atoms. The van der Waals surface area contributed by atoms with Crippen LogP contribution in [0.5, 0.6) is 0 Å². The molecular weight excluding hydrogens is 360 g/mol. The Morgan fingerprint density at radius 3 is 2.70 bits per heavy atom. The van der Waals surface area contributed by atoms with Gasteiger partial charge in [0.05, 0.1) is 11.4 Å². The van der Waals surface area contributed by atoms with Crippen LogP contribution in [0.25, 0.3) is 16.7 Å². The number of hydrogen-bond acceptors (Lipinski definition) is 5. The molecule has 3 rings (SSSR count). The first kappa shape index (κ1) is 19.2. The van der Waals surface area contributed by atoms with E-state index in [4.69, 9.17) is 4.98 Å². The molecule has 1 unspecified atom stereocenters. The van der Waals surface area contributed by atoms with E-state index in [2.05, 4.69) is 17.3 Å². The number of thioether (sulfide) groups is 1. The summed E-state index contributed by atoms with van der Waals surface area (Å²) in [5.74, 6) is 1.47. The van der Waals surface area contributed by atoms with Crippen LogP contribution in [-0.4, -0.2) is 43.4 Å². The number of nitrogens with zero attached hydrogens (tertiary/aromatic N) is 3. The average molecular weight is 385 g/mol. The third-order valence-corrected chi connectivity index (χ3v) is 5.32. The highest BCUT2D eigenvalue weighted by Gasteiger charge is 2.20. The molecule has 6 nitrogen and oxygen atoms in total. The highest BCUT2D eigenvalue weighted by molar-refractivity contribution is 7.99. The van der Waals surface area contributed by atoms with E-state index in [1.165, 1.54) is 0 Å². The van der Waals surface area contributed by atoms with E-state index in [1.807, 2.05) is 54.9 Å². The summed E-state index contributed by atoms with van der Waals surface area (Å²) in [6.07, 6.45) is 0.545. The summed E-state index contributed by atoms with van der Waals surface area (Å²) in [6.45, 7) is 6.03. The van der Waals surface area contributed by atoms with Gasteiger partial charge in [0.25, 0.3) is 0 Å². The number of fused-ring (bicyclic) bond motifs is 1. The van der Waals surface area contributed by atoms with Gasteiger partial charge in [0, 0.05) is 5.39 Å². The fourth-order valence-corrected chi connectivity index (χ4v) is 3.80. The van der Waals surface area contributed by atoms with Crippen molar-refractivity contribution < 1.29 is 9.90 Å². The molecule has 0 aliphatic heterocycles. The summed E-state index contributed by atoms with van der Waals surface area (Å²) in [5.41, 5.74) is 3.58. The molecule has 0 spiro atoms. The van der Waals surface area contributed by atoms with Gasteiger partial charge in [-0.15, -0.1) is 0 Å². The predicted molar refractivity (Wildman–Crippen MR) is 111 cm³/mol. The zero-order chi connectivity index (χ0) is 19.4. The lowest BCUT2D eigenvalue weighted by Gasteiger charge is -2.15. The second-order valence-corrected chi connectivity index (χ2v) is 7.77. The number of benzene rings is 1. The second-order valence-electron chi connectivity index (χ2n) is 6.38. The van der Waals surface area contributed by atoms with Crippen molar-refractivity contribution in [3.63, 3.8) is 0 Å². The molecule has 3 aromatic rings. The zero-order valence-electron chi connectivity index (χ0n) is 15.8. The molecule has 0 saturated carbocycles. The SMILES string of the molecule is CCSCCC(Nc1cc(C)c2c(C)nn(-c3ccccc3)c2n1)C(=O)O. The molecule has 142 valence electrons. The zero-order valence-corrected chi connectivity index (χ0v) is 16.6. The number of pyridine rings is 1. The number of rotatable bonds is 8. The van der Waals surface area contributed by atoms with Crippen molar-refractivity contribution in [3.8, 4) is 5.69 Å². The lowest BCUT2D eigenvalue weighted by molar-refractivity contribution is -0.137. The average Bonchev–Trinajstić information content (AvgIpc) is 2.98. The van der Waals surface area contributed by atoms with E-state index in [-0.39, 0.29) is 0 Å². The summed E-state index contributed by atoms with van der Waals surface area (Å²) in [6, 6.07) is 11.1. The molecule has 27 heavy (non-hydrogen) atoms. The molecule has 0 amide bonds. The minimum Gasteiger partial charge on any atom is -0.480 e. The summed E-state index contributed by atoms with van der Waals surface area (Å²) in [5, 5.41) is 18.3. The van der Waals surface area contributed by atoms with Crippen LogP contribution in [0.4, 0.5) is 5.82 Å². The number of carboxylic acids is 1. The van der Waals surface area contributed by atoms with Gasteiger partial charge < -0.3 is 10.4 Å². The Morgan fingerprint density at radius 2 is 2.04 bits per heavy atom. The topological polar surface area (TPSA) is 80.0 Å². The molecule has 0 aliphatic carbocycles. The number of nitrogens with one attached hydrogen (secondary N) is 1. The van der Waals surface area contributed by atoms with Gasteiger partial charge in [0.2, 0.25) is 0 Å². The van der Waals surface area contributed by atoms with Crippen LogP contribution >= 0.6 is 11.8 Å². The number of carbonyl (C=O) groups is 1. The van der Waals surface area contributed by atoms with Gasteiger partial charge in [-0.05, 0) is 55.5 Å². The summed E-state index contributed by atoms with van der Waals surface area (Å²) in [7, 11) is 0. The smallest absolute Gasteiger partial charge is 0.326 e. The Labute approximate surface area is 163 Å². The van der Waals surface area contributed by atoms with Crippen LogP contribution in [0.1, 0.15) is 24.6 Å². The highest BCUT2D eigenvalue weighted by Crippen LogP contribution is 2.26. The second kappa shape index (κ2) is 8.43. The minimum absolute atomic E-state index is 0.545. The van der Waals surface area contributed by atoms with Gasteiger partial charge in [-0.25, -0.2) is 14.5 Å². The predicted octanol–water partition coefficient (Wildman–Crippen LogP) is 4.05. The molecular formula is C20H24N4O2S. The summed E-state index contributed by atoms with van der Waals surface area (Å²) < 4.78 is 1.81. The van der Waals surface area contributed by atoms with E-state index in [0.717, 1.165) is 39.5 Å². The fraction of sp³-hybridized carbons (Fsp3) is 0.350. The number of aliphatic carboxylic acids is 1. The largest absolute Gasteiger partial charge is 0.480 e. The number of anilines is 1. The quantitative estimate of drug-likeness (QED) is 0.571. The van der Waals surface area contributed by atoms with Gasteiger partial charge in [-0.1, -0.05) is 25.1 Å². The molecule has 0 saturated heterocycles. The molecule has 0 aliphatic rings. The summed E-state index contributed by atoms with van der Waals surface area (Å²) in [4.78, 5) is 16.3. The van der Waals surface area contributed by atoms with E-state index in [0.29, 0.717) is 12.2 Å². The molecule has 0 radical (unpaired) electrons. The molecule has 0 fully saturated rings. The van der Waals surface area contributed by atoms with Crippen molar-refractivity contribution in [3.05, 3.63) is 47.7 Å². The first-order valence-electron chi connectivity index (χ1n) is 9.00. The van der Waals surface area contributed by atoms with Crippen LogP contribution in [-0.2, 0) is 4.79 Å². The van der Waals surface area contributed by atoms with Gasteiger partial charge in [0.1, 0.15) is 11.9 Å². The van der Waals surface area contributed by atoms with Crippen molar-refractivity contribution >= 4 is 34.6 Å². The van der Waals surface area contributed by atoms with Crippen molar-refractivity contribution in [2.75, 3.05) is 16.8 Å². The van der Waals surface area contributed by atoms with Crippen LogP contribution in [0.3, 0.4) is 0 Å². The Balaban J connectivity index is 1.98. The Morgan fingerprint density at radius 1 is 1.30 bits per heavy atom. The maximum atomic E-state index is 11.6. The van der Waals surface area contributed by atoms with Crippen LogP contribution in [0.15, 0.2) is 36.4 Å². The fourth-order valence-electron chi connectivity index (χ4n) is 3.11. The van der Waals surface area contributed by atoms with Gasteiger partial charge in [-0.2, -0.15) is 16.9 Å². The van der Waals surface area contributed by atoms with Crippen LogP contribution in [0.2, 0.25) is 0 Å². The van der Waals surface area contributed by atoms with Crippen LogP contribution < -0.4 is 5.32 Å². The summed E-state index contributed by atoms with van der Waals surface area (Å²) >= 11 is 1.74. The molecule has 1 aromatic carbocycles. The van der Waals surface area contributed by atoms with Crippen molar-refractivity contribution in [2.24, 2.45) is 0 Å². The lowest BCUT2D eigenvalue weighted by atomic mass is 10.1. The Kier molecular flexibility index (Phi) is 6.01.